The molecule has 22 heavy (non-hydrogen) atoms. The number of para-hydroxylation sites is 2. The molecule has 1 aliphatic carbocycles. The van der Waals surface area contributed by atoms with Crippen molar-refractivity contribution in [1.29, 1.82) is 0 Å². The third-order valence-electron chi connectivity index (χ3n) is 4.29. The summed E-state index contributed by atoms with van der Waals surface area (Å²) in [4.78, 5) is 12.3. The molecule has 1 amide bonds. The van der Waals surface area contributed by atoms with Crippen molar-refractivity contribution in [3.8, 4) is 11.5 Å². The Morgan fingerprint density at radius 1 is 1.23 bits per heavy atom. The van der Waals surface area contributed by atoms with Gasteiger partial charge in [0.05, 0.1) is 7.11 Å². The highest BCUT2D eigenvalue weighted by Crippen LogP contribution is 2.27. The standard InChI is InChI=1S/C18H27NO3/c1-3-15(22-17-12-8-7-11-16(17)21-2)18(20)19-13-14-9-5-4-6-10-14/h7-8,11-12,14-15H,3-6,9-10,13H2,1-2H3,(H,19,20)/t15-/m1/s1. The van der Waals surface area contributed by atoms with E-state index in [-0.39, 0.29) is 5.91 Å². The Hall–Kier alpha value is -1.71. The van der Waals surface area contributed by atoms with Gasteiger partial charge in [-0.15, -0.1) is 0 Å². The van der Waals surface area contributed by atoms with Crippen molar-refractivity contribution in [1.82, 2.24) is 5.32 Å². The highest BCUT2D eigenvalue weighted by Gasteiger charge is 2.21. The summed E-state index contributed by atoms with van der Waals surface area (Å²) in [5, 5.41) is 3.06. The highest BCUT2D eigenvalue weighted by atomic mass is 16.5. The van der Waals surface area contributed by atoms with Crippen LogP contribution in [0.1, 0.15) is 45.4 Å². The van der Waals surface area contributed by atoms with Crippen LogP contribution in [-0.2, 0) is 4.79 Å². The van der Waals surface area contributed by atoms with Gasteiger partial charge in [0.1, 0.15) is 0 Å². The van der Waals surface area contributed by atoms with Crippen molar-refractivity contribution in [3.63, 3.8) is 0 Å². The molecule has 0 radical (unpaired) electrons. The van der Waals surface area contributed by atoms with E-state index in [1.165, 1.54) is 32.1 Å². The van der Waals surface area contributed by atoms with E-state index in [0.29, 0.717) is 23.8 Å². The van der Waals surface area contributed by atoms with E-state index in [4.69, 9.17) is 9.47 Å². The molecule has 1 saturated carbocycles. The fourth-order valence-electron chi connectivity index (χ4n) is 2.94. The highest BCUT2D eigenvalue weighted by molar-refractivity contribution is 5.81. The van der Waals surface area contributed by atoms with Gasteiger partial charge >= 0.3 is 0 Å². The predicted octanol–water partition coefficient (Wildman–Crippen LogP) is 3.55. The first kappa shape index (κ1) is 16.7. The summed E-state index contributed by atoms with van der Waals surface area (Å²) in [5.41, 5.74) is 0. The molecule has 0 aromatic heterocycles. The maximum absolute atomic E-state index is 12.3. The third-order valence-corrected chi connectivity index (χ3v) is 4.29. The maximum atomic E-state index is 12.3. The summed E-state index contributed by atoms with van der Waals surface area (Å²) in [6, 6.07) is 7.43. The molecule has 0 spiro atoms. The van der Waals surface area contributed by atoms with Gasteiger partial charge < -0.3 is 14.8 Å². The van der Waals surface area contributed by atoms with Crippen LogP contribution in [0.15, 0.2) is 24.3 Å². The van der Waals surface area contributed by atoms with Crippen molar-refractivity contribution in [2.24, 2.45) is 5.92 Å². The number of rotatable bonds is 7. The quantitative estimate of drug-likeness (QED) is 0.838. The lowest BCUT2D eigenvalue weighted by Gasteiger charge is -2.24. The van der Waals surface area contributed by atoms with Crippen molar-refractivity contribution in [2.75, 3.05) is 13.7 Å². The lowest BCUT2D eigenvalue weighted by Crippen LogP contribution is -2.40. The summed E-state index contributed by atoms with van der Waals surface area (Å²) >= 11 is 0. The molecule has 0 unspecified atom stereocenters. The van der Waals surface area contributed by atoms with E-state index in [0.717, 1.165) is 6.54 Å². The number of ether oxygens (including phenoxy) is 2. The lowest BCUT2D eigenvalue weighted by atomic mass is 9.89. The van der Waals surface area contributed by atoms with Gasteiger partial charge in [0.25, 0.3) is 5.91 Å². The smallest absolute Gasteiger partial charge is 0.261 e. The van der Waals surface area contributed by atoms with Crippen LogP contribution in [0.2, 0.25) is 0 Å². The van der Waals surface area contributed by atoms with Gasteiger partial charge in [-0.1, -0.05) is 38.3 Å². The lowest BCUT2D eigenvalue weighted by molar-refractivity contribution is -0.128. The summed E-state index contributed by atoms with van der Waals surface area (Å²) in [5.74, 6) is 1.87. The molecular formula is C18H27NO3. The SMILES string of the molecule is CC[C@@H](Oc1ccccc1OC)C(=O)NCC1CCCCC1. The van der Waals surface area contributed by atoms with Gasteiger partial charge in [-0.05, 0) is 37.3 Å². The van der Waals surface area contributed by atoms with Crippen LogP contribution in [0.4, 0.5) is 0 Å². The number of amides is 1. The van der Waals surface area contributed by atoms with Crippen molar-refractivity contribution < 1.29 is 14.3 Å². The van der Waals surface area contributed by atoms with Gasteiger partial charge in [0.2, 0.25) is 0 Å². The Morgan fingerprint density at radius 3 is 2.55 bits per heavy atom. The van der Waals surface area contributed by atoms with Gasteiger partial charge in [-0.3, -0.25) is 4.79 Å². The van der Waals surface area contributed by atoms with E-state index >= 15 is 0 Å². The molecular weight excluding hydrogens is 278 g/mol. The van der Waals surface area contributed by atoms with Crippen LogP contribution in [0.25, 0.3) is 0 Å². The number of hydrogen-bond donors (Lipinski definition) is 1. The molecule has 4 nitrogen and oxygen atoms in total. The van der Waals surface area contributed by atoms with Gasteiger partial charge in [-0.2, -0.15) is 0 Å². The fraction of sp³-hybridized carbons (Fsp3) is 0.611. The number of carbonyl (C=O) groups excluding carboxylic acids is 1. The van der Waals surface area contributed by atoms with Crippen LogP contribution < -0.4 is 14.8 Å². The minimum atomic E-state index is -0.472. The van der Waals surface area contributed by atoms with Crippen molar-refractivity contribution in [3.05, 3.63) is 24.3 Å². The Balaban J connectivity index is 1.88. The molecule has 4 heteroatoms. The third kappa shape index (κ3) is 4.65. The number of carbonyl (C=O) groups is 1. The first-order chi connectivity index (χ1) is 10.7. The molecule has 1 aliphatic rings. The first-order valence-electron chi connectivity index (χ1n) is 8.32. The Kier molecular flexibility index (Phi) is 6.56. The zero-order valence-electron chi connectivity index (χ0n) is 13.6. The number of benzene rings is 1. The maximum Gasteiger partial charge on any atom is 0.261 e. The summed E-state index contributed by atoms with van der Waals surface area (Å²) in [6.45, 7) is 2.73. The van der Waals surface area contributed by atoms with Crippen molar-refractivity contribution >= 4 is 5.91 Å². The van der Waals surface area contributed by atoms with E-state index in [2.05, 4.69) is 5.32 Å². The second kappa shape index (κ2) is 8.66. The zero-order valence-corrected chi connectivity index (χ0v) is 13.6. The average Bonchev–Trinajstić information content (AvgIpc) is 2.58. The van der Waals surface area contributed by atoms with Crippen LogP contribution in [-0.4, -0.2) is 25.7 Å². The molecule has 1 atom stereocenters. The molecule has 1 aromatic carbocycles. The van der Waals surface area contributed by atoms with Gasteiger partial charge in [0, 0.05) is 6.54 Å². The molecule has 0 bridgehead atoms. The second-order valence-electron chi connectivity index (χ2n) is 5.91. The zero-order chi connectivity index (χ0) is 15.8. The minimum absolute atomic E-state index is 0.0287. The summed E-state index contributed by atoms with van der Waals surface area (Å²) in [6.07, 6.45) is 6.52. The number of hydrogen-bond acceptors (Lipinski definition) is 3. The topological polar surface area (TPSA) is 47.6 Å². The normalized spacial score (nSPS) is 16.8. The summed E-state index contributed by atoms with van der Waals surface area (Å²) in [7, 11) is 1.60. The van der Waals surface area contributed by atoms with Crippen LogP contribution in [0, 0.1) is 5.92 Å². The fourth-order valence-corrected chi connectivity index (χ4v) is 2.94. The molecule has 1 fully saturated rings. The van der Waals surface area contributed by atoms with E-state index in [1.54, 1.807) is 7.11 Å². The molecule has 0 saturated heterocycles. The Morgan fingerprint density at radius 2 is 1.91 bits per heavy atom. The molecule has 1 N–H and O–H groups in total. The van der Waals surface area contributed by atoms with E-state index < -0.39 is 6.10 Å². The predicted molar refractivity (Wildman–Crippen MR) is 87.3 cm³/mol. The van der Waals surface area contributed by atoms with Crippen LogP contribution in [0.5, 0.6) is 11.5 Å². The minimum Gasteiger partial charge on any atom is -0.493 e. The molecule has 0 aliphatic heterocycles. The van der Waals surface area contributed by atoms with Gasteiger partial charge in [-0.25, -0.2) is 0 Å². The monoisotopic (exact) mass is 305 g/mol. The Labute approximate surface area is 133 Å². The molecule has 122 valence electrons. The number of methoxy groups -OCH3 is 1. The molecule has 0 heterocycles. The van der Waals surface area contributed by atoms with Crippen molar-refractivity contribution in [2.45, 2.75) is 51.6 Å². The summed E-state index contributed by atoms with van der Waals surface area (Å²) < 4.78 is 11.1. The van der Waals surface area contributed by atoms with E-state index in [9.17, 15) is 4.79 Å². The first-order valence-corrected chi connectivity index (χ1v) is 8.32. The second-order valence-corrected chi connectivity index (χ2v) is 5.91. The van der Waals surface area contributed by atoms with E-state index in [1.807, 2.05) is 31.2 Å². The van der Waals surface area contributed by atoms with Crippen LogP contribution in [0.3, 0.4) is 0 Å². The largest absolute Gasteiger partial charge is 0.493 e. The Bertz CT molecular complexity index is 469. The average molecular weight is 305 g/mol. The molecule has 2 rings (SSSR count). The number of nitrogens with one attached hydrogen (secondary N) is 1. The molecule has 1 aromatic rings. The van der Waals surface area contributed by atoms with Gasteiger partial charge in [0.15, 0.2) is 17.6 Å². The van der Waals surface area contributed by atoms with Crippen LogP contribution >= 0.6 is 0 Å².